The first kappa shape index (κ1) is 14.5. The Hall–Kier alpha value is -2.42. The molecular formula is C19H18O3. The van der Waals surface area contributed by atoms with E-state index in [2.05, 4.69) is 6.07 Å². The lowest BCUT2D eigenvalue weighted by molar-refractivity contribution is 0.0920. The summed E-state index contributed by atoms with van der Waals surface area (Å²) in [5.74, 6) is 0.589. The van der Waals surface area contributed by atoms with E-state index in [1.807, 2.05) is 12.1 Å². The van der Waals surface area contributed by atoms with E-state index in [1.54, 1.807) is 24.3 Å². The number of Topliss-reactive ketones (excluding diaryl/α,β-unsaturated/α-hetero) is 2. The molecule has 0 unspecified atom stereocenters. The summed E-state index contributed by atoms with van der Waals surface area (Å²) in [6, 6.07) is 12.8. The van der Waals surface area contributed by atoms with Crippen molar-refractivity contribution in [3.05, 3.63) is 64.7 Å². The fourth-order valence-electron chi connectivity index (χ4n) is 2.76. The molecule has 0 heterocycles. The first-order valence-corrected chi connectivity index (χ1v) is 7.52. The highest BCUT2D eigenvalue weighted by atomic mass is 16.5. The Balaban J connectivity index is 1.63. The second kappa shape index (κ2) is 6.14. The normalized spacial score (nSPS) is 12.8. The zero-order chi connectivity index (χ0) is 15.5. The van der Waals surface area contributed by atoms with Crippen LogP contribution in [0.25, 0.3) is 0 Å². The van der Waals surface area contributed by atoms with Crippen molar-refractivity contribution in [3.8, 4) is 5.75 Å². The number of ketones is 2. The molecule has 0 saturated heterocycles. The van der Waals surface area contributed by atoms with Gasteiger partial charge in [0.1, 0.15) is 5.75 Å². The molecule has 0 fully saturated rings. The average molecular weight is 294 g/mol. The average Bonchev–Trinajstić information content (AvgIpc) is 3.00. The largest absolute Gasteiger partial charge is 0.485 e. The summed E-state index contributed by atoms with van der Waals surface area (Å²) in [6.07, 6.45) is 3.35. The van der Waals surface area contributed by atoms with Crippen LogP contribution in [-0.2, 0) is 12.8 Å². The number of benzene rings is 2. The van der Waals surface area contributed by atoms with Gasteiger partial charge in [-0.05, 0) is 67.6 Å². The van der Waals surface area contributed by atoms with E-state index in [0.717, 1.165) is 12.8 Å². The Bertz CT molecular complexity index is 714. The molecule has 1 aliphatic carbocycles. The molecular weight excluding hydrogens is 276 g/mol. The number of hydrogen-bond donors (Lipinski definition) is 0. The first-order chi connectivity index (χ1) is 10.6. The highest BCUT2D eigenvalue weighted by Crippen LogP contribution is 2.23. The van der Waals surface area contributed by atoms with Gasteiger partial charge in [-0.1, -0.05) is 12.1 Å². The van der Waals surface area contributed by atoms with Crippen LogP contribution in [0.1, 0.15) is 45.2 Å². The SMILES string of the molecule is CC(=O)c1ccc(OCC(=O)c2ccc3c(c2)CCC3)cc1. The van der Waals surface area contributed by atoms with E-state index in [0.29, 0.717) is 16.9 Å². The van der Waals surface area contributed by atoms with Crippen molar-refractivity contribution in [3.63, 3.8) is 0 Å². The van der Waals surface area contributed by atoms with Gasteiger partial charge in [0.05, 0.1) is 0 Å². The monoisotopic (exact) mass is 294 g/mol. The maximum absolute atomic E-state index is 12.2. The molecule has 0 bridgehead atoms. The summed E-state index contributed by atoms with van der Waals surface area (Å²) in [5.41, 5.74) is 3.99. The number of aryl methyl sites for hydroxylation is 2. The maximum atomic E-state index is 12.2. The summed E-state index contributed by atoms with van der Waals surface area (Å²) in [5, 5.41) is 0. The van der Waals surface area contributed by atoms with Gasteiger partial charge in [-0.3, -0.25) is 9.59 Å². The van der Waals surface area contributed by atoms with E-state index >= 15 is 0 Å². The Kier molecular flexibility index (Phi) is 4.05. The highest BCUT2D eigenvalue weighted by Gasteiger charge is 2.14. The van der Waals surface area contributed by atoms with Crippen LogP contribution in [-0.4, -0.2) is 18.2 Å². The molecule has 0 radical (unpaired) electrons. The molecule has 2 aromatic carbocycles. The number of carbonyl (C=O) groups is 2. The van der Waals surface area contributed by atoms with E-state index in [9.17, 15) is 9.59 Å². The zero-order valence-corrected chi connectivity index (χ0v) is 12.6. The minimum atomic E-state index is -0.0228. The third kappa shape index (κ3) is 3.08. The van der Waals surface area contributed by atoms with Gasteiger partial charge in [0, 0.05) is 11.1 Å². The van der Waals surface area contributed by atoms with Gasteiger partial charge < -0.3 is 4.74 Å². The molecule has 3 heteroatoms. The lowest BCUT2D eigenvalue weighted by Crippen LogP contribution is -2.12. The Morgan fingerprint density at radius 2 is 1.64 bits per heavy atom. The van der Waals surface area contributed by atoms with Crippen LogP contribution in [0.3, 0.4) is 0 Å². The van der Waals surface area contributed by atoms with E-state index in [4.69, 9.17) is 4.74 Å². The van der Waals surface area contributed by atoms with Crippen molar-refractivity contribution in [2.75, 3.05) is 6.61 Å². The number of fused-ring (bicyclic) bond motifs is 1. The van der Waals surface area contributed by atoms with Crippen LogP contribution >= 0.6 is 0 Å². The lowest BCUT2D eigenvalue weighted by Gasteiger charge is -2.07. The third-order valence-corrected chi connectivity index (χ3v) is 4.05. The van der Waals surface area contributed by atoms with Gasteiger partial charge in [0.25, 0.3) is 0 Å². The number of ether oxygens (including phenoxy) is 1. The fraction of sp³-hybridized carbons (Fsp3) is 0.263. The fourth-order valence-corrected chi connectivity index (χ4v) is 2.76. The van der Waals surface area contributed by atoms with E-state index in [1.165, 1.54) is 24.5 Å². The van der Waals surface area contributed by atoms with E-state index in [-0.39, 0.29) is 18.2 Å². The van der Waals surface area contributed by atoms with Gasteiger partial charge in [-0.2, -0.15) is 0 Å². The van der Waals surface area contributed by atoms with Crippen LogP contribution in [0.15, 0.2) is 42.5 Å². The van der Waals surface area contributed by atoms with Crippen LogP contribution in [0.5, 0.6) is 5.75 Å². The van der Waals surface area contributed by atoms with E-state index < -0.39 is 0 Å². The summed E-state index contributed by atoms with van der Waals surface area (Å²) in [4.78, 5) is 23.4. The summed E-state index contributed by atoms with van der Waals surface area (Å²) in [6.45, 7) is 1.53. The lowest BCUT2D eigenvalue weighted by atomic mass is 10.0. The summed E-state index contributed by atoms with van der Waals surface area (Å²) < 4.78 is 5.52. The van der Waals surface area contributed by atoms with Crippen molar-refractivity contribution in [1.29, 1.82) is 0 Å². The van der Waals surface area contributed by atoms with Crippen molar-refractivity contribution in [1.82, 2.24) is 0 Å². The van der Waals surface area contributed by atoms with Gasteiger partial charge in [0.15, 0.2) is 18.2 Å². The highest BCUT2D eigenvalue weighted by molar-refractivity contribution is 5.97. The van der Waals surface area contributed by atoms with Crippen molar-refractivity contribution in [2.24, 2.45) is 0 Å². The first-order valence-electron chi connectivity index (χ1n) is 7.52. The van der Waals surface area contributed by atoms with Crippen LogP contribution in [0.4, 0.5) is 0 Å². The number of carbonyl (C=O) groups excluding carboxylic acids is 2. The molecule has 1 aliphatic rings. The molecule has 2 aromatic rings. The molecule has 22 heavy (non-hydrogen) atoms. The molecule has 0 atom stereocenters. The molecule has 0 spiro atoms. The van der Waals surface area contributed by atoms with Gasteiger partial charge in [-0.25, -0.2) is 0 Å². The zero-order valence-electron chi connectivity index (χ0n) is 12.6. The second-order valence-corrected chi connectivity index (χ2v) is 5.63. The number of hydrogen-bond acceptors (Lipinski definition) is 3. The van der Waals surface area contributed by atoms with Gasteiger partial charge in [-0.15, -0.1) is 0 Å². The van der Waals surface area contributed by atoms with Crippen molar-refractivity contribution < 1.29 is 14.3 Å². The number of rotatable bonds is 5. The summed E-state index contributed by atoms with van der Waals surface area (Å²) in [7, 11) is 0. The predicted octanol–water partition coefficient (Wildman–Crippen LogP) is 3.64. The standard InChI is InChI=1S/C19H18O3/c1-13(20)14-7-9-18(10-8-14)22-12-19(21)17-6-5-15-3-2-4-16(15)11-17/h5-11H,2-4,12H2,1H3. The second-order valence-electron chi connectivity index (χ2n) is 5.63. The van der Waals surface area contributed by atoms with Gasteiger partial charge in [0.2, 0.25) is 0 Å². The van der Waals surface area contributed by atoms with Crippen LogP contribution in [0.2, 0.25) is 0 Å². The maximum Gasteiger partial charge on any atom is 0.200 e. The third-order valence-electron chi connectivity index (χ3n) is 4.05. The molecule has 3 rings (SSSR count). The molecule has 0 amide bonds. The van der Waals surface area contributed by atoms with Crippen LogP contribution < -0.4 is 4.74 Å². The van der Waals surface area contributed by atoms with Gasteiger partial charge >= 0.3 is 0 Å². The predicted molar refractivity (Wildman–Crippen MR) is 84.7 cm³/mol. The smallest absolute Gasteiger partial charge is 0.200 e. The quantitative estimate of drug-likeness (QED) is 0.791. The Morgan fingerprint density at radius 1 is 0.955 bits per heavy atom. The molecule has 112 valence electrons. The molecule has 3 nitrogen and oxygen atoms in total. The Morgan fingerprint density at radius 3 is 2.36 bits per heavy atom. The molecule has 0 saturated carbocycles. The topological polar surface area (TPSA) is 43.4 Å². The Labute approximate surface area is 129 Å². The molecule has 0 aromatic heterocycles. The molecule has 0 N–H and O–H groups in total. The minimum absolute atomic E-state index is 0.0121. The van der Waals surface area contributed by atoms with Crippen molar-refractivity contribution >= 4 is 11.6 Å². The van der Waals surface area contributed by atoms with Crippen LogP contribution in [0, 0.1) is 0 Å². The molecule has 0 aliphatic heterocycles. The van der Waals surface area contributed by atoms with Crippen molar-refractivity contribution in [2.45, 2.75) is 26.2 Å². The minimum Gasteiger partial charge on any atom is -0.485 e. The summed E-state index contributed by atoms with van der Waals surface area (Å²) >= 11 is 0.